The number of unbranched alkanes of at least 4 members (excludes halogenated alkanes) is 1. The third-order valence-corrected chi connectivity index (χ3v) is 5.78. The highest BCUT2D eigenvalue weighted by Crippen LogP contribution is 2.20. The first-order valence-electron chi connectivity index (χ1n) is 11.7. The van der Waals surface area contributed by atoms with Crippen molar-refractivity contribution in [3.8, 4) is 0 Å². The second-order valence-electron chi connectivity index (χ2n) is 8.34. The zero-order valence-electron chi connectivity index (χ0n) is 20.7. The summed E-state index contributed by atoms with van der Waals surface area (Å²) in [5.41, 5.74) is 7.53. The zero-order valence-corrected chi connectivity index (χ0v) is 20.7. The Kier molecular flexibility index (Phi) is 8.66. The van der Waals surface area contributed by atoms with E-state index in [9.17, 15) is 19.2 Å². The number of nitrogens with one attached hydrogen (secondary N) is 2. The lowest BCUT2D eigenvalue weighted by molar-refractivity contribution is -0.117. The molecule has 3 aromatic rings. The lowest BCUT2D eigenvalue weighted by Crippen LogP contribution is -2.43. The summed E-state index contributed by atoms with van der Waals surface area (Å²) in [5, 5.41) is 3.06. The maximum absolute atomic E-state index is 13.3. The van der Waals surface area contributed by atoms with Crippen molar-refractivity contribution >= 4 is 29.1 Å². The van der Waals surface area contributed by atoms with E-state index in [2.05, 4.69) is 10.3 Å². The molecule has 1 aromatic heterocycles. The molecule has 0 saturated heterocycles. The van der Waals surface area contributed by atoms with E-state index < -0.39 is 17.2 Å². The summed E-state index contributed by atoms with van der Waals surface area (Å²) in [4.78, 5) is 54.1. The van der Waals surface area contributed by atoms with Gasteiger partial charge in [-0.3, -0.25) is 19.1 Å². The molecule has 0 fully saturated rings. The summed E-state index contributed by atoms with van der Waals surface area (Å²) in [6.07, 6.45) is 1.42. The van der Waals surface area contributed by atoms with E-state index in [1.807, 2.05) is 37.3 Å². The molecule has 10 nitrogen and oxygen atoms in total. The van der Waals surface area contributed by atoms with Crippen LogP contribution in [0.1, 0.15) is 41.3 Å². The fourth-order valence-corrected chi connectivity index (χ4v) is 3.81. The monoisotopic (exact) mass is 493 g/mol. The van der Waals surface area contributed by atoms with Crippen LogP contribution in [0.2, 0.25) is 0 Å². The molecule has 0 atom stereocenters. The van der Waals surface area contributed by atoms with Crippen LogP contribution in [-0.4, -0.2) is 41.6 Å². The van der Waals surface area contributed by atoms with Gasteiger partial charge in [-0.1, -0.05) is 43.7 Å². The van der Waals surface area contributed by atoms with Crippen LogP contribution >= 0.6 is 0 Å². The number of anilines is 3. The molecule has 10 heteroatoms. The third-order valence-electron chi connectivity index (χ3n) is 5.78. The smallest absolute Gasteiger partial charge is 0.337 e. The minimum atomic E-state index is -0.718. The lowest BCUT2D eigenvalue weighted by atomic mass is 10.1. The fraction of sp³-hybridized carbons (Fsp3) is 0.308. The van der Waals surface area contributed by atoms with Crippen molar-refractivity contribution in [1.82, 2.24) is 9.55 Å². The number of aryl methyl sites for hydroxylation is 1. The molecule has 0 aliphatic rings. The summed E-state index contributed by atoms with van der Waals surface area (Å²) in [6, 6.07) is 14.2. The minimum Gasteiger partial charge on any atom is -0.465 e. The van der Waals surface area contributed by atoms with Crippen molar-refractivity contribution in [1.29, 1.82) is 0 Å². The van der Waals surface area contributed by atoms with Crippen LogP contribution in [0.25, 0.3) is 0 Å². The Labute approximate surface area is 208 Å². The number of carbonyl (C=O) groups excluding carboxylic acids is 2. The second-order valence-corrected chi connectivity index (χ2v) is 8.34. The number of hydrogen-bond acceptors (Lipinski definition) is 7. The summed E-state index contributed by atoms with van der Waals surface area (Å²) in [5.74, 6) is -0.913. The normalized spacial score (nSPS) is 10.6. The molecule has 4 N–H and O–H groups in total. The number of methoxy groups -OCH3 is 1. The number of carbonyl (C=O) groups is 2. The Balaban J connectivity index is 1.90. The number of benzene rings is 2. The first-order chi connectivity index (χ1) is 17.3. The van der Waals surface area contributed by atoms with Gasteiger partial charge in [0.05, 0.1) is 25.8 Å². The number of amides is 1. The van der Waals surface area contributed by atoms with Gasteiger partial charge in [-0.15, -0.1) is 0 Å². The highest BCUT2D eigenvalue weighted by Gasteiger charge is 2.24. The molecule has 3 rings (SSSR count). The van der Waals surface area contributed by atoms with Gasteiger partial charge in [0.15, 0.2) is 5.69 Å². The Morgan fingerprint density at radius 2 is 1.86 bits per heavy atom. The van der Waals surface area contributed by atoms with Gasteiger partial charge in [-0.05, 0) is 42.7 Å². The van der Waals surface area contributed by atoms with Gasteiger partial charge in [0.25, 0.3) is 5.56 Å². The van der Waals surface area contributed by atoms with Crippen LogP contribution in [0.5, 0.6) is 0 Å². The molecule has 2 aromatic carbocycles. The molecule has 0 unspecified atom stereocenters. The SMILES string of the molecule is CCCCN(C(=O)CNc1ccc(C(=O)OC)cc1C)c1c(N)n(Cc2ccccc2)c(=O)[nH]c1=O. The predicted molar refractivity (Wildman–Crippen MR) is 140 cm³/mol. The Hall–Kier alpha value is -4.34. The molecule has 1 heterocycles. The Morgan fingerprint density at radius 3 is 2.50 bits per heavy atom. The molecule has 0 bridgehead atoms. The predicted octanol–water partition coefficient (Wildman–Crippen LogP) is 2.51. The molecular formula is C26H31N5O5. The molecule has 0 radical (unpaired) electrons. The Bertz CT molecular complexity index is 1350. The number of nitrogens with two attached hydrogens (primary N) is 1. The van der Waals surface area contributed by atoms with Crippen molar-refractivity contribution in [2.24, 2.45) is 0 Å². The molecule has 0 spiro atoms. The van der Waals surface area contributed by atoms with Gasteiger partial charge >= 0.3 is 11.7 Å². The molecule has 1 amide bonds. The van der Waals surface area contributed by atoms with Gasteiger partial charge in [0.1, 0.15) is 5.82 Å². The number of esters is 1. The number of H-pyrrole nitrogens is 1. The van der Waals surface area contributed by atoms with Crippen molar-refractivity contribution in [3.05, 3.63) is 86.1 Å². The largest absolute Gasteiger partial charge is 0.465 e. The minimum absolute atomic E-state index is 0.0523. The zero-order chi connectivity index (χ0) is 26.2. The number of ether oxygens (including phenoxy) is 1. The lowest BCUT2D eigenvalue weighted by Gasteiger charge is -2.25. The number of nitrogens with zero attached hydrogens (tertiary/aromatic N) is 2. The van der Waals surface area contributed by atoms with E-state index in [0.29, 0.717) is 17.7 Å². The molecule has 0 saturated carbocycles. The van der Waals surface area contributed by atoms with Gasteiger partial charge < -0.3 is 20.7 Å². The first-order valence-corrected chi connectivity index (χ1v) is 11.7. The fourth-order valence-electron chi connectivity index (χ4n) is 3.81. The number of aromatic amines is 1. The Morgan fingerprint density at radius 1 is 1.14 bits per heavy atom. The van der Waals surface area contributed by atoms with Crippen LogP contribution in [0.15, 0.2) is 58.1 Å². The van der Waals surface area contributed by atoms with Crippen LogP contribution in [0.4, 0.5) is 17.2 Å². The number of rotatable bonds is 10. The molecule has 36 heavy (non-hydrogen) atoms. The summed E-state index contributed by atoms with van der Waals surface area (Å²) < 4.78 is 5.99. The van der Waals surface area contributed by atoms with E-state index in [0.717, 1.165) is 17.5 Å². The average molecular weight is 494 g/mol. The number of aromatic nitrogens is 2. The van der Waals surface area contributed by atoms with E-state index in [1.54, 1.807) is 25.1 Å². The maximum atomic E-state index is 13.3. The second kappa shape index (κ2) is 11.9. The molecular weight excluding hydrogens is 462 g/mol. The van der Waals surface area contributed by atoms with Gasteiger partial charge in [-0.25, -0.2) is 9.59 Å². The number of nitrogen functional groups attached to an aromatic ring is 1. The van der Waals surface area contributed by atoms with E-state index >= 15 is 0 Å². The summed E-state index contributed by atoms with van der Waals surface area (Å²) in [7, 11) is 1.31. The quantitative estimate of drug-likeness (QED) is 0.369. The highest BCUT2D eigenvalue weighted by molar-refractivity contribution is 5.98. The van der Waals surface area contributed by atoms with E-state index in [1.165, 1.54) is 16.6 Å². The summed E-state index contributed by atoms with van der Waals surface area (Å²) >= 11 is 0. The topological polar surface area (TPSA) is 140 Å². The first kappa shape index (κ1) is 26.3. The van der Waals surface area contributed by atoms with Crippen molar-refractivity contribution in [2.45, 2.75) is 33.2 Å². The number of hydrogen-bond donors (Lipinski definition) is 3. The summed E-state index contributed by atoms with van der Waals surface area (Å²) in [6.45, 7) is 4.05. The maximum Gasteiger partial charge on any atom is 0.337 e. The third kappa shape index (κ3) is 6.01. The van der Waals surface area contributed by atoms with E-state index in [-0.39, 0.29) is 37.0 Å². The molecule has 190 valence electrons. The highest BCUT2D eigenvalue weighted by atomic mass is 16.5. The average Bonchev–Trinajstić information content (AvgIpc) is 2.87. The van der Waals surface area contributed by atoms with Crippen molar-refractivity contribution < 1.29 is 14.3 Å². The standard InChI is InChI=1S/C26H31N5O5/c1-4-5-13-30(21(32)15-28-20-12-11-19(14-17(20)2)25(34)36-3)22-23(27)31(26(35)29-24(22)33)16-18-9-7-6-8-10-18/h6-12,14,28H,4-5,13,15-16,27H2,1-3H3,(H,29,33,35). The van der Waals surface area contributed by atoms with Crippen LogP contribution in [0, 0.1) is 6.92 Å². The van der Waals surface area contributed by atoms with Gasteiger partial charge in [0.2, 0.25) is 5.91 Å². The van der Waals surface area contributed by atoms with Crippen molar-refractivity contribution in [2.75, 3.05) is 36.1 Å². The van der Waals surface area contributed by atoms with Gasteiger partial charge in [-0.2, -0.15) is 0 Å². The van der Waals surface area contributed by atoms with E-state index in [4.69, 9.17) is 10.5 Å². The van der Waals surface area contributed by atoms with Crippen LogP contribution in [0.3, 0.4) is 0 Å². The van der Waals surface area contributed by atoms with Crippen molar-refractivity contribution in [3.63, 3.8) is 0 Å². The van der Waals surface area contributed by atoms with Crippen LogP contribution < -0.4 is 27.2 Å². The van der Waals surface area contributed by atoms with Crippen LogP contribution in [-0.2, 0) is 16.1 Å². The molecule has 0 aliphatic heterocycles. The molecule has 0 aliphatic carbocycles. The van der Waals surface area contributed by atoms with Gasteiger partial charge in [0, 0.05) is 12.2 Å².